The standard InChI is InChI=1S/C24H32N4O5S/c1-15-21(34-14-26-15)17-6-4-16(5-7-17)8-9-25-22(31)19-10-18(30)11-28(19)13-24(2,3)20(12-29)27-23(32)33/h4-7,12,14,18-20,27,30H,8-11,13H2,1-3H3,(H,25,31)(H,32,33)/t18-,19+,20+/m0/s1. The smallest absolute Gasteiger partial charge is 0.405 e. The number of aryl methyl sites for hydroxylation is 1. The van der Waals surface area contributed by atoms with Crippen molar-refractivity contribution in [2.24, 2.45) is 5.41 Å². The monoisotopic (exact) mass is 488 g/mol. The maximum absolute atomic E-state index is 12.9. The van der Waals surface area contributed by atoms with Gasteiger partial charge in [0.1, 0.15) is 6.29 Å². The Morgan fingerprint density at radius 3 is 2.62 bits per heavy atom. The van der Waals surface area contributed by atoms with E-state index in [4.69, 9.17) is 5.11 Å². The number of benzene rings is 1. The second kappa shape index (κ2) is 11.1. The summed E-state index contributed by atoms with van der Waals surface area (Å²) < 4.78 is 0. The molecule has 1 aliphatic heterocycles. The maximum atomic E-state index is 12.9. The first-order valence-electron chi connectivity index (χ1n) is 11.2. The molecule has 4 N–H and O–H groups in total. The van der Waals surface area contributed by atoms with Crippen LogP contribution in [0.15, 0.2) is 29.8 Å². The number of aliphatic hydroxyl groups excluding tert-OH is 1. The van der Waals surface area contributed by atoms with E-state index in [2.05, 4.69) is 27.8 Å². The van der Waals surface area contributed by atoms with Crippen LogP contribution in [0.1, 0.15) is 31.5 Å². The Bertz CT molecular complexity index is 1010. The number of nitrogens with one attached hydrogen (secondary N) is 2. The van der Waals surface area contributed by atoms with Crippen molar-refractivity contribution in [1.82, 2.24) is 20.5 Å². The lowest BCUT2D eigenvalue weighted by atomic mass is 9.84. The van der Waals surface area contributed by atoms with Crippen molar-refractivity contribution >= 4 is 29.6 Å². The molecule has 0 unspecified atom stereocenters. The Balaban J connectivity index is 1.55. The molecule has 34 heavy (non-hydrogen) atoms. The number of rotatable bonds is 10. The van der Waals surface area contributed by atoms with Crippen LogP contribution in [0.25, 0.3) is 10.4 Å². The summed E-state index contributed by atoms with van der Waals surface area (Å²) >= 11 is 1.61. The number of nitrogens with zero attached hydrogens (tertiary/aromatic N) is 2. The number of carbonyl (C=O) groups excluding carboxylic acids is 2. The van der Waals surface area contributed by atoms with Gasteiger partial charge in [-0.05, 0) is 30.9 Å². The number of carbonyl (C=O) groups is 3. The highest BCUT2D eigenvalue weighted by molar-refractivity contribution is 7.13. The number of hydrogen-bond acceptors (Lipinski definition) is 7. The van der Waals surface area contributed by atoms with Gasteiger partial charge in [0.2, 0.25) is 5.91 Å². The van der Waals surface area contributed by atoms with Gasteiger partial charge in [-0.15, -0.1) is 11.3 Å². The van der Waals surface area contributed by atoms with Crippen LogP contribution in [0.4, 0.5) is 4.79 Å². The fourth-order valence-corrected chi connectivity index (χ4v) is 5.16. The van der Waals surface area contributed by atoms with E-state index in [0.29, 0.717) is 32.2 Å². The first kappa shape index (κ1) is 25.8. The molecule has 2 amide bonds. The lowest BCUT2D eigenvalue weighted by Gasteiger charge is -2.36. The largest absolute Gasteiger partial charge is 0.465 e. The summed E-state index contributed by atoms with van der Waals surface area (Å²) in [5.74, 6) is -0.182. The Labute approximate surface area is 203 Å². The van der Waals surface area contributed by atoms with Gasteiger partial charge in [-0.1, -0.05) is 38.1 Å². The number of aliphatic hydroxyl groups is 1. The Kier molecular flexibility index (Phi) is 8.40. The molecule has 0 bridgehead atoms. The van der Waals surface area contributed by atoms with E-state index in [9.17, 15) is 19.5 Å². The van der Waals surface area contributed by atoms with Crippen molar-refractivity contribution in [2.45, 2.75) is 51.8 Å². The minimum atomic E-state index is -1.28. The number of aldehydes is 1. The average molecular weight is 489 g/mol. The molecule has 1 aromatic carbocycles. The number of hydrogen-bond donors (Lipinski definition) is 4. The van der Waals surface area contributed by atoms with Gasteiger partial charge >= 0.3 is 6.09 Å². The van der Waals surface area contributed by atoms with Crippen molar-refractivity contribution in [3.05, 3.63) is 41.0 Å². The first-order valence-corrected chi connectivity index (χ1v) is 12.1. The molecule has 2 heterocycles. The van der Waals surface area contributed by atoms with E-state index in [0.717, 1.165) is 21.7 Å². The Hall–Kier alpha value is -2.82. The van der Waals surface area contributed by atoms with Crippen LogP contribution >= 0.6 is 11.3 Å². The third-order valence-electron chi connectivity index (χ3n) is 6.23. The number of carboxylic acid groups (broad SMARTS) is 1. The second-order valence-corrected chi connectivity index (χ2v) is 10.2. The van der Waals surface area contributed by atoms with Crippen LogP contribution in [0.5, 0.6) is 0 Å². The van der Waals surface area contributed by atoms with Crippen molar-refractivity contribution in [3.63, 3.8) is 0 Å². The molecular formula is C24H32N4O5S. The third-order valence-corrected chi connectivity index (χ3v) is 7.20. The van der Waals surface area contributed by atoms with Crippen molar-refractivity contribution < 1.29 is 24.6 Å². The first-order chi connectivity index (χ1) is 16.1. The van der Waals surface area contributed by atoms with Gasteiger partial charge in [0, 0.05) is 25.0 Å². The zero-order valence-corrected chi connectivity index (χ0v) is 20.5. The quantitative estimate of drug-likeness (QED) is 0.377. The van der Waals surface area contributed by atoms with E-state index >= 15 is 0 Å². The number of thiazole rings is 1. The Morgan fingerprint density at radius 1 is 1.32 bits per heavy atom. The highest BCUT2D eigenvalue weighted by Crippen LogP contribution is 2.28. The molecular weight excluding hydrogens is 456 g/mol. The zero-order chi connectivity index (χ0) is 24.9. The molecule has 1 aromatic heterocycles. The lowest BCUT2D eigenvalue weighted by molar-refractivity contribution is -0.126. The van der Waals surface area contributed by atoms with Crippen LogP contribution in [0.3, 0.4) is 0 Å². The van der Waals surface area contributed by atoms with Gasteiger partial charge in [0.05, 0.1) is 34.3 Å². The number of β-amino-alcohol motifs (C(OH)–C–C–N with tert-alkyl or cyclic N) is 1. The van der Waals surface area contributed by atoms with E-state index in [1.807, 2.05) is 29.5 Å². The molecule has 184 valence electrons. The van der Waals surface area contributed by atoms with Gasteiger partial charge in [-0.25, -0.2) is 9.78 Å². The summed E-state index contributed by atoms with van der Waals surface area (Å²) in [6.07, 6.45) is -0.405. The predicted octanol–water partition coefficient (Wildman–Crippen LogP) is 2.07. The average Bonchev–Trinajstić information content (AvgIpc) is 3.36. The van der Waals surface area contributed by atoms with Crippen molar-refractivity contribution in [3.8, 4) is 10.4 Å². The highest BCUT2D eigenvalue weighted by atomic mass is 32.1. The fourth-order valence-electron chi connectivity index (χ4n) is 4.34. The number of amides is 2. The van der Waals surface area contributed by atoms with Gasteiger partial charge in [-0.2, -0.15) is 0 Å². The predicted molar refractivity (Wildman–Crippen MR) is 130 cm³/mol. The van der Waals surface area contributed by atoms with E-state index in [-0.39, 0.29) is 12.5 Å². The summed E-state index contributed by atoms with van der Waals surface area (Å²) in [6, 6.07) is 6.74. The molecule has 0 aliphatic carbocycles. The van der Waals surface area contributed by atoms with Gasteiger partial charge in [0.25, 0.3) is 0 Å². The normalized spacial score (nSPS) is 19.5. The minimum absolute atomic E-state index is 0.182. The van der Waals surface area contributed by atoms with Crippen molar-refractivity contribution in [1.29, 1.82) is 0 Å². The SMILES string of the molecule is Cc1ncsc1-c1ccc(CCNC(=O)[C@H]2C[C@H](O)CN2CC(C)(C)[C@@H](C=O)NC(=O)O)cc1. The molecule has 1 saturated heterocycles. The zero-order valence-electron chi connectivity index (χ0n) is 19.7. The molecule has 3 atom stereocenters. The van der Waals surface area contributed by atoms with E-state index < -0.39 is 29.7 Å². The minimum Gasteiger partial charge on any atom is -0.465 e. The molecule has 0 spiro atoms. The molecule has 1 fully saturated rings. The molecule has 1 aliphatic rings. The van der Waals surface area contributed by atoms with Gasteiger partial charge < -0.3 is 25.6 Å². The molecule has 10 heteroatoms. The molecule has 3 rings (SSSR count). The number of aromatic nitrogens is 1. The second-order valence-electron chi connectivity index (χ2n) is 9.39. The molecule has 9 nitrogen and oxygen atoms in total. The van der Waals surface area contributed by atoms with Crippen LogP contribution in [-0.2, 0) is 16.0 Å². The molecule has 2 aromatic rings. The summed E-state index contributed by atoms with van der Waals surface area (Å²) in [5, 5.41) is 24.4. The molecule has 0 saturated carbocycles. The number of likely N-dealkylation sites (tertiary alicyclic amines) is 1. The summed E-state index contributed by atoms with van der Waals surface area (Å²) in [5.41, 5.74) is 4.30. The van der Waals surface area contributed by atoms with Crippen LogP contribution in [0, 0.1) is 12.3 Å². The fraction of sp³-hybridized carbons (Fsp3) is 0.500. The highest BCUT2D eigenvalue weighted by Gasteiger charge is 2.41. The maximum Gasteiger partial charge on any atom is 0.405 e. The summed E-state index contributed by atoms with van der Waals surface area (Å²) in [4.78, 5) is 42.6. The summed E-state index contributed by atoms with van der Waals surface area (Å²) in [6.45, 7) is 6.54. The topological polar surface area (TPSA) is 132 Å². The summed E-state index contributed by atoms with van der Waals surface area (Å²) in [7, 11) is 0. The van der Waals surface area contributed by atoms with Crippen LogP contribution < -0.4 is 10.6 Å². The van der Waals surface area contributed by atoms with Gasteiger partial charge in [-0.3, -0.25) is 9.69 Å². The van der Waals surface area contributed by atoms with Crippen LogP contribution in [0.2, 0.25) is 0 Å². The van der Waals surface area contributed by atoms with E-state index in [1.165, 1.54) is 0 Å². The van der Waals surface area contributed by atoms with Gasteiger partial charge in [0.15, 0.2) is 0 Å². The van der Waals surface area contributed by atoms with Crippen molar-refractivity contribution in [2.75, 3.05) is 19.6 Å². The third kappa shape index (κ3) is 6.40. The van der Waals surface area contributed by atoms with Crippen LogP contribution in [-0.4, -0.2) is 76.2 Å². The lowest BCUT2D eigenvalue weighted by Crippen LogP contribution is -2.53. The van der Waals surface area contributed by atoms with E-state index in [1.54, 1.807) is 25.2 Å². The molecule has 0 radical (unpaired) electrons. The Morgan fingerprint density at radius 2 is 2.03 bits per heavy atom.